The number of aryl methyl sites for hydroxylation is 1. The molecular weight excluding hydrogens is 562 g/mol. The van der Waals surface area contributed by atoms with E-state index in [1.807, 2.05) is 0 Å². The highest BCUT2D eigenvalue weighted by Gasteiger charge is 2.26. The first-order valence-corrected chi connectivity index (χ1v) is 11.8. The van der Waals surface area contributed by atoms with Crippen molar-refractivity contribution in [1.29, 1.82) is 0 Å². The Morgan fingerprint density at radius 2 is 2.00 bits per heavy atom. The molecular formula is C23H18Cl2F3N9O2. The minimum absolute atomic E-state index is 0.0820. The summed E-state index contributed by atoms with van der Waals surface area (Å²) in [5.41, 5.74) is 1.07. The predicted molar refractivity (Wildman–Crippen MR) is 133 cm³/mol. The molecule has 0 bridgehead atoms. The van der Waals surface area contributed by atoms with Gasteiger partial charge in [-0.1, -0.05) is 23.2 Å². The Morgan fingerprint density at radius 1 is 1.18 bits per heavy atom. The molecule has 202 valence electrons. The van der Waals surface area contributed by atoms with Crippen molar-refractivity contribution in [3.63, 3.8) is 0 Å². The van der Waals surface area contributed by atoms with E-state index in [4.69, 9.17) is 25.9 Å². The van der Waals surface area contributed by atoms with Gasteiger partial charge >= 0.3 is 6.61 Å². The van der Waals surface area contributed by atoms with Crippen molar-refractivity contribution in [3.05, 3.63) is 82.3 Å². The van der Waals surface area contributed by atoms with E-state index in [0.29, 0.717) is 15.9 Å². The fourth-order valence-corrected chi connectivity index (χ4v) is 4.44. The highest BCUT2D eigenvalue weighted by atomic mass is 35.5. The number of alkyl halides is 2. The molecule has 11 nitrogen and oxygen atoms in total. The van der Waals surface area contributed by atoms with Gasteiger partial charge in [0.15, 0.2) is 17.2 Å². The van der Waals surface area contributed by atoms with Crippen LogP contribution in [-0.4, -0.2) is 52.9 Å². The van der Waals surface area contributed by atoms with Gasteiger partial charge in [0, 0.05) is 43.1 Å². The van der Waals surface area contributed by atoms with Gasteiger partial charge < -0.3 is 9.94 Å². The molecule has 0 saturated carbocycles. The number of aromatic nitrogens is 9. The highest BCUT2D eigenvalue weighted by Crippen LogP contribution is 2.34. The Kier molecular flexibility index (Phi) is 6.79. The quantitative estimate of drug-likeness (QED) is 0.189. The van der Waals surface area contributed by atoms with E-state index in [1.165, 1.54) is 57.0 Å². The van der Waals surface area contributed by atoms with Crippen molar-refractivity contribution in [3.8, 4) is 27.9 Å². The third-order valence-corrected chi connectivity index (χ3v) is 6.28. The Bertz CT molecular complexity index is 1700. The molecule has 0 saturated heterocycles. The maximum absolute atomic E-state index is 15.2. The van der Waals surface area contributed by atoms with Gasteiger partial charge in [-0.25, -0.2) is 4.39 Å². The molecule has 1 aromatic carbocycles. The number of benzene rings is 1. The monoisotopic (exact) mass is 581 g/mol. The average molecular weight is 582 g/mol. The molecule has 0 spiro atoms. The van der Waals surface area contributed by atoms with E-state index in [1.54, 1.807) is 13.2 Å². The number of halogens is 5. The topological polar surface area (TPSA) is 115 Å². The normalized spacial score (nSPS) is 13.5. The zero-order valence-corrected chi connectivity index (χ0v) is 21.3. The van der Waals surface area contributed by atoms with Crippen LogP contribution in [0.3, 0.4) is 0 Å². The van der Waals surface area contributed by atoms with E-state index < -0.39 is 31.5 Å². The third kappa shape index (κ3) is 5.44. The minimum atomic E-state index is -3.41. The van der Waals surface area contributed by atoms with Crippen LogP contribution in [0.25, 0.3) is 27.9 Å². The fourth-order valence-electron chi connectivity index (χ4n) is 4.00. The molecule has 1 atom stereocenters. The summed E-state index contributed by atoms with van der Waals surface area (Å²) in [6.45, 7) is -6.28. The molecule has 39 heavy (non-hydrogen) atoms. The molecule has 5 rings (SSSR count). The molecule has 5 aromatic rings. The summed E-state index contributed by atoms with van der Waals surface area (Å²) in [5.74, 6) is -0.837. The molecule has 0 fully saturated rings. The van der Waals surface area contributed by atoms with Gasteiger partial charge in [-0.15, -0.1) is 5.10 Å². The first-order valence-electron chi connectivity index (χ1n) is 12.1. The van der Waals surface area contributed by atoms with Crippen molar-refractivity contribution in [1.82, 2.24) is 39.8 Å². The highest BCUT2D eigenvalue weighted by molar-refractivity contribution is 6.32. The summed E-state index contributed by atoms with van der Waals surface area (Å²) in [4.78, 5) is 0. The molecule has 16 heteroatoms. The maximum Gasteiger partial charge on any atom is 0.345 e. The van der Waals surface area contributed by atoms with Gasteiger partial charge in [-0.05, 0) is 28.6 Å². The molecule has 4 heterocycles. The van der Waals surface area contributed by atoms with E-state index in [2.05, 4.69) is 30.5 Å². The zero-order chi connectivity index (χ0) is 29.5. The molecule has 0 unspecified atom stereocenters. The summed E-state index contributed by atoms with van der Waals surface area (Å²) >= 11 is 12.2. The third-order valence-electron chi connectivity index (χ3n) is 5.71. The maximum atomic E-state index is 15.2. The molecule has 0 aliphatic rings. The van der Waals surface area contributed by atoms with E-state index in [9.17, 15) is 14.0 Å². The molecule has 0 radical (unpaired) electrons. The Morgan fingerprint density at radius 3 is 2.67 bits per heavy atom. The van der Waals surface area contributed by atoms with Crippen LogP contribution in [0.15, 0.2) is 55.4 Å². The van der Waals surface area contributed by atoms with Crippen LogP contribution in [-0.2, 0) is 11.8 Å². The Balaban J connectivity index is 1.59. The average Bonchev–Trinajstić information content (AvgIpc) is 3.65. The second-order valence-electron chi connectivity index (χ2n) is 8.14. The summed E-state index contributed by atoms with van der Waals surface area (Å²) in [5, 5.41) is 32.5. The van der Waals surface area contributed by atoms with Gasteiger partial charge in [0.05, 0.1) is 37.3 Å². The van der Waals surface area contributed by atoms with E-state index in [0.717, 1.165) is 6.20 Å². The number of hydrogen-bond donors (Lipinski definition) is 0. The van der Waals surface area contributed by atoms with Crippen LogP contribution in [0, 0.1) is 11.0 Å². The van der Waals surface area contributed by atoms with Gasteiger partial charge in [-0.3, -0.25) is 9.36 Å². The molecule has 4 aromatic heterocycles. The van der Waals surface area contributed by atoms with Gasteiger partial charge in [0.25, 0.3) is 0 Å². The number of ether oxygens (including phenoxy) is 1. The fraction of sp³-hybridized carbons (Fsp3) is 0.217. The van der Waals surface area contributed by atoms with Crippen LogP contribution in [0.4, 0.5) is 13.2 Å². The molecule has 0 amide bonds. The Hall–Kier alpha value is -4.01. The first kappa shape index (κ1) is 24.1. The van der Waals surface area contributed by atoms with Crippen molar-refractivity contribution in [2.75, 3.05) is 6.56 Å². The van der Waals surface area contributed by atoms with Crippen LogP contribution >= 0.6 is 23.2 Å². The van der Waals surface area contributed by atoms with Crippen molar-refractivity contribution in [2.45, 2.75) is 19.1 Å². The van der Waals surface area contributed by atoms with E-state index in [-0.39, 0.29) is 32.7 Å². The number of nitrogens with zero attached hydrogens (tertiary/aromatic N) is 9. The van der Waals surface area contributed by atoms with E-state index >= 15 is 4.39 Å². The summed E-state index contributed by atoms with van der Waals surface area (Å²) in [6, 6.07) is 4.22. The smallest absolute Gasteiger partial charge is 0.345 e. The molecule has 0 aliphatic carbocycles. The number of hydrogen-bond acceptors (Lipinski definition) is 7. The summed E-state index contributed by atoms with van der Waals surface area (Å²) in [7, 11) is 1.66. The van der Waals surface area contributed by atoms with Crippen molar-refractivity contribution < 1.29 is 25.4 Å². The zero-order valence-electron chi connectivity index (χ0n) is 21.8. The Labute approximate surface area is 231 Å². The number of tetrazole rings is 1. The second kappa shape index (κ2) is 11.0. The molecule has 0 N–H and O–H groups in total. The number of pyridine rings is 1. The second-order valence-corrected chi connectivity index (χ2v) is 8.90. The van der Waals surface area contributed by atoms with Crippen LogP contribution in [0.2, 0.25) is 10.2 Å². The summed E-state index contributed by atoms with van der Waals surface area (Å²) in [6.07, 6.45) is 6.03. The van der Waals surface area contributed by atoms with Crippen molar-refractivity contribution in [2.24, 2.45) is 7.05 Å². The first-order chi connectivity index (χ1) is 19.4. The molecule has 0 aliphatic heterocycles. The van der Waals surface area contributed by atoms with Gasteiger partial charge in [-0.2, -0.15) is 28.4 Å². The van der Waals surface area contributed by atoms with Crippen LogP contribution in [0.1, 0.15) is 20.9 Å². The lowest BCUT2D eigenvalue weighted by molar-refractivity contribution is -0.615. The SMILES string of the molecule is [2H]C([2H])(C[C@H](c1ccc(-c2c(-n3cnnn3)ccc(Cl)c2F)c[n+]1[O-])n1cc(-c2cn(C)nc2Cl)cn1)OC(F)F. The summed E-state index contributed by atoms with van der Waals surface area (Å²) < 4.78 is 65.6. The standard InChI is InChI=1S/C23H18Cl2F3N9O2/c1-34-11-15(22(25)31-34)14-8-30-35(9-14)17(6-7-39-23(27)28)18-4-2-13(10-37(18)38)20-19(36-12-29-32-33-36)5-3-16(24)21(20)26/h2-5,8-12,17,23H,6-7H2,1H3/t17-/m1/s1/i7D2. The minimum Gasteiger partial charge on any atom is -0.618 e. The lowest BCUT2D eigenvalue weighted by Gasteiger charge is -2.18. The largest absolute Gasteiger partial charge is 0.618 e. The lowest BCUT2D eigenvalue weighted by atomic mass is 10.0. The van der Waals surface area contributed by atoms with Crippen LogP contribution < -0.4 is 4.73 Å². The van der Waals surface area contributed by atoms with Gasteiger partial charge in [0.1, 0.15) is 12.4 Å². The predicted octanol–water partition coefficient (Wildman–Crippen LogP) is 4.22. The van der Waals surface area contributed by atoms with Crippen molar-refractivity contribution >= 4 is 23.2 Å². The van der Waals surface area contributed by atoms with Gasteiger partial charge in [0.2, 0.25) is 5.69 Å². The lowest BCUT2D eigenvalue weighted by Crippen LogP contribution is -2.36. The van der Waals surface area contributed by atoms with Crippen LogP contribution in [0.5, 0.6) is 0 Å². The number of rotatable bonds is 9.